The van der Waals surface area contributed by atoms with Gasteiger partial charge in [0.2, 0.25) is 5.91 Å². The lowest BCUT2D eigenvalue weighted by molar-refractivity contribution is -0.146. The van der Waals surface area contributed by atoms with Crippen LogP contribution in [0.2, 0.25) is 0 Å². The molecule has 0 heterocycles. The summed E-state index contributed by atoms with van der Waals surface area (Å²) in [4.78, 5) is 36.5. The second-order valence-corrected chi connectivity index (χ2v) is 6.91. The molecule has 2 radical (unpaired) electrons. The highest BCUT2D eigenvalue weighted by Gasteiger charge is 2.29. The van der Waals surface area contributed by atoms with Gasteiger partial charge in [0.15, 0.2) is 0 Å². The minimum atomic E-state index is -0.816. The average molecular weight is 436 g/mol. The zero-order valence-corrected chi connectivity index (χ0v) is 17.8. The molecule has 1 aliphatic carbocycles. The van der Waals surface area contributed by atoms with E-state index in [0.717, 1.165) is 17.5 Å². The topological polar surface area (TPSA) is 114 Å². The monoisotopic (exact) mass is 436 g/mol. The van der Waals surface area contributed by atoms with Crippen LogP contribution in [0.1, 0.15) is 36.3 Å². The first-order valence-electron chi connectivity index (χ1n) is 10.1. The number of rotatable bonds is 9. The largest absolute Gasteiger partial charge is 0.560 e. The third-order valence-corrected chi connectivity index (χ3v) is 4.77. The first kappa shape index (κ1) is 24.7. The van der Waals surface area contributed by atoms with Crippen molar-refractivity contribution in [1.82, 2.24) is 5.32 Å². The third kappa shape index (κ3) is 7.26. The van der Waals surface area contributed by atoms with Crippen LogP contribution >= 0.6 is 0 Å². The molecule has 0 atom stereocenters. The van der Waals surface area contributed by atoms with E-state index in [1.807, 2.05) is 24.3 Å². The van der Waals surface area contributed by atoms with E-state index in [2.05, 4.69) is 47.3 Å². The predicted molar refractivity (Wildman–Crippen MR) is 120 cm³/mol. The summed E-state index contributed by atoms with van der Waals surface area (Å²) >= 11 is 0. The number of carbonyl (C=O) groups excluding carboxylic acids is 2. The number of fused-ring (bicyclic) bond motifs is 3. The summed E-state index contributed by atoms with van der Waals surface area (Å²) in [6, 6.07) is 16.3. The SMILES string of the molecule is CNC(=O)CC(=O)OCC1c2ccccc2-c2ccccc21.[B]OC=NCCCC(=O)O. The van der Waals surface area contributed by atoms with Crippen molar-refractivity contribution in [1.29, 1.82) is 0 Å². The van der Waals surface area contributed by atoms with Crippen LogP contribution in [-0.2, 0) is 23.8 Å². The molecule has 0 spiro atoms. The fourth-order valence-corrected chi connectivity index (χ4v) is 3.30. The highest BCUT2D eigenvalue weighted by Crippen LogP contribution is 2.44. The Morgan fingerprint density at radius 2 is 1.69 bits per heavy atom. The van der Waals surface area contributed by atoms with E-state index in [1.54, 1.807) is 0 Å². The maximum Gasteiger partial charge on any atom is 0.375 e. The summed E-state index contributed by atoms with van der Waals surface area (Å²) in [5, 5.41) is 10.6. The molecule has 3 rings (SSSR count). The van der Waals surface area contributed by atoms with Crippen LogP contribution in [-0.4, -0.2) is 57.6 Å². The van der Waals surface area contributed by atoms with Gasteiger partial charge in [-0.3, -0.25) is 19.4 Å². The Morgan fingerprint density at radius 1 is 1.09 bits per heavy atom. The molecule has 0 unspecified atom stereocenters. The number of carbonyl (C=O) groups is 3. The number of esters is 1. The van der Waals surface area contributed by atoms with Gasteiger partial charge in [-0.25, -0.2) is 0 Å². The van der Waals surface area contributed by atoms with E-state index < -0.39 is 11.9 Å². The number of carboxylic acid groups (broad SMARTS) is 1. The molecule has 9 heteroatoms. The van der Waals surface area contributed by atoms with Gasteiger partial charge in [-0.2, -0.15) is 0 Å². The van der Waals surface area contributed by atoms with Crippen molar-refractivity contribution in [2.24, 2.45) is 4.99 Å². The minimum Gasteiger partial charge on any atom is -0.560 e. The highest BCUT2D eigenvalue weighted by atomic mass is 16.5. The number of hydrogen-bond acceptors (Lipinski definition) is 6. The molecular formula is C23H25BN2O6. The molecule has 0 fully saturated rings. The fraction of sp³-hybridized carbons (Fsp3) is 0.304. The first-order chi connectivity index (χ1) is 15.5. The van der Waals surface area contributed by atoms with Gasteiger partial charge in [0, 0.05) is 25.9 Å². The Hall–Kier alpha value is -3.62. The van der Waals surface area contributed by atoms with Crippen molar-refractivity contribution in [3.63, 3.8) is 0 Å². The average Bonchev–Trinajstić information content (AvgIpc) is 3.11. The molecule has 0 saturated carbocycles. The molecule has 0 aliphatic heterocycles. The van der Waals surface area contributed by atoms with Gasteiger partial charge >= 0.3 is 20.0 Å². The van der Waals surface area contributed by atoms with Gasteiger partial charge in [0.05, 0.1) is 0 Å². The Labute approximate surface area is 188 Å². The molecule has 1 amide bonds. The van der Waals surface area contributed by atoms with Crippen LogP contribution in [0.3, 0.4) is 0 Å². The van der Waals surface area contributed by atoms with E-state index in [-0.39, 0.29) is 31.3 Å². The molecule has 0 saturated heterocycles. The number of aliphatic imine (C=N–C) groups is 1. The van der Waals surface area contributed by atoms with Crippen molar-refractivity contribution in [2.45, 2.75) is 25.2 Å². The van der Waals surface area contributed by atoms with Crippen LogP contribution in [0.25, 0.3) is 11.1 Å². The predicted octanol–water partition coefficient (Wildman–Crippen LogP) is 2.46. The Bertz CT molecular complexity index is 918. The summed E-state index contributed by atoms with van der Waals surface area (Å²) in [7, 11) is 6.10. The van der Waals surface area contributed by atoms with Gasteiger partial charge in [0.1, 0.15) is 19.4 Å². The maximum atomic E-state index is 11.7. The van der Waals surface area contributed by atoms with Crippen molar-refractivity contribution < 1.29 is 28.9 Å². The molecular weight excluding hydrogens is 411 g/mol. The second-order valence-electron chi connectivity index (χ2n) is 6.91. The number of nitrogens with zero attached hydrogens (tertiary/aromatic N) is 1. The molecule has 2 N–H and O–H groups in total. The first-order valence-corrected chi connectivity index (χ1v) is 10.1. The third-order valence-electron chi connectivity index (χ3n) is 4.77. The van der Waals surface area contributed by atoms with Crippen LogP contribution in [0.5, 0.6) is 0 Å². The Kier molecular flexibility index (Phi) is 9.97. The highest BCUT2D eigenvalue weighted by molar-refractivity contribution is 6.02. The molecule has 0 aromatic heterocycles. The zero-order valence-electron chi connectivity index (χ0n) is 17.8. The normalized spacial score (nSPS) is 11.7. The van der Waals surface area contributed by atoms with Gasteiger partial charge in [-0.05, 0) is 28.7 Å². The van der Waals surface area contributed by atoms with Crippen LogP contribution < -0.4 is 5.32 Å². The van der Waals surface area contributed by atoms with Crippen molar-refractivity contribution >= 4 is 32.3 Å². The number of benzene rings is 2. The van der Waals surface area contributed by atoms with Gasteiger partial charge in [-0.1, -0.05) is 48.5 Å². The van der Waals surface area contributed by atoms with Crippen molar-refractivity contribution in [2.75, 3.05) is 20.2 Å². The van der Waals surface area contributed by atoms with Crippen LogP contribution in [0.15, 0.2) is 53.5 Å². The number of nitrogens with one attached hydrogen (secondary N) is 1. The number of carboxylic acids is 1. The smallest absolute Gasteiger partial charge is 0.375 e. The van der Waals surface area contributed by atoms with Crippen molar-refractivity contribution in [3.8, 4) is 11.1 Å². The minimum absolute atomic E-state index is 0.0287. The van der Waals surface area contributed by atoms with E-state index >= 15 is 0 Å². The summed E-state index contributed by atoms with van der Waals surface area (Å²) in [5.41, 5.74) is 4.70. The van der Waals surface area contributed by atoms with Crippen LogP contribution in [0, 0.1) is 0 Å². The van der Waals surface area contributed by atoms with E-state index in [1.165, 1.54) is 18.2 Å². The number of hydrogen-bond donors (Lipinski definition) is 2. The molecule has 2 aromatic rings. The standard InChI is InChI=1S/C18H17NO3.C5H8BNO3/c1-19-17(20)10-18(21)22-11-16-14-8-4-2-6-12(14)13-7-3-5-9-15(13)16;6-10-4-7-3-1-2-5(8)9/h2-9,16H,10-11H2,1H3,(H,19,20);4H,1-3H2,(H,8,9). The van der Waals surface area contributed by atoms with E-state index in [4.69, 9.17) is 9.84 Å². The number of ether oxygens (including phenoxy) is 1. The molecule has 0 bridgehead atoms. The van der Waals surface area contributed by atoms with Crippen LogP contribution in [0.4, 0.5) is 0 Å². The second kappa shape index (κ2) is 12.9. The Balaban J connectivity index is 0.000000309. The van der Waals surface area contributed by atoms with Gasteiger partial charge < -0.3 is 19.8 Å². The van der Waals surface area contributed by atoms with Gasteiger partial charge in [-0.15, -0.1) is 0 Å². The number of aliphatic carboxylic acids is 1. The lowest BCUT2D eigenvalue weighted by Gasteiger charge is -2.14. The van der Waals surface area contributed by atoms with Gasteiger partial charge in [0.25, 0.3) is 0 Å². The zero-order chi connectivity index (χ0) is 23.3. The molecule has 32 heavy (non-hydrogen) atoms. The molecule has 8 nitrogen and oxygen atoms in total. The Morgan fingerprint density at radius 3 is 2.22 bits per heavy atom. The number of amides is 1. The van der Waals surface area contributed by atoms with Crippen molar-refractivity contribution in [3.05, 3.63) is 59.7 Å². The lowest BCUT2D eigenvalue weighted by Crippen LogP contribution is -2.23. The summed E-state index contributed by atoms with van der Waals surface area (Å²) in [5.74, 6) is -1.62. The molecule has 2 aromatic carbocycles. The fourth-order valence-electron chi connectivity index (χ4n) is 3.30. The summed E-state index contributed by atoms with van der Waals surface area (Å²) < 4.78 is 9.32. The summed E-state index contributed by atoms with van der Waals surface area (Å²) in [6.45, 7) is 0.688. The molecule has 166 valence electrons. The lowest BCUT2D eigenvalue weighted by atomic mass is 9.98. The summed E-state index contributed by atoms with van der Waals surface area (Å²) in [6.07, 6.45) is 1.48. The van der Waals surface area contributed by atoms with E-state index in [0.29, 0.717) is 13.0 Å². The maximum absolute atomic E-state index is 11.7. The molecule has 1 aliphatic rings. The quantitative estimate of drug-likeness (QED) is 0.156. The van der Waals surface area contributed by atoms with E-state index in [9.17, 15) is 14.4 Å².